The summed E-state index contributed by atoms with van der Waals surface area (Å²) in [5.74, 6) is 1.09. The highest BCUT2D eigenvalue weighted by Crippen LogP contribution is 2.23. The van der Waals surface area contributed by atoms with Crippen molar-refractivity contribution in [3.8, 4) is 0 Å². The Morgan fingerprint density at radius 2 is 2.32 bits per heavy atom. The molecule has 1 atom stereocenters. The molecular formula is C16H24ClNS. The molecule has 0 radical (unpaired) electrons. The fourth-order valence-electron chi connectivity index (χ4n) is 1.85. The number of benzene rings is 1. The molecule has 0 saturated heterocycles. The molecule has 1 aromatic carbocycles. The van der Waals surface area contributed by atoms with E-state index in [0.29, 0.717) is 6.04 Å². The Bertz CT molecular complexity index is 368. The lowest BCUT2D eigenvalue weighted by Crippen LogP contribution is -2.31. The molecule has 0 amide bonds. The van der Waals surface area contributed by atoms with Crippen LogP contribution in [0, 0.1) is 0 Å². The van der Waals surface area contributed by atoms with Gasteiger partial charge in [-0.2, -0.15) is 0 Å². The molecule has 0 heterocycles. The molecule has 0 bridgehead atoms. The highest BCUT2D eigenvalue weighted by molar-refractivity contribution is 7.99. The van der Waals surface area contributed by atoms with Gasteiger partial charge in [-0.05, 0) is 50.4 Å². The van der Waals surface area contributed by atoms with Gasteiger partial charge in [-0.15, -0.1) is 18.3 Å². The number of nitrogens with one attached hydrogen (secondary N) is 1. The molecule has 0 aromatic heterocycles. The summed E-state index contributed by atoms with van der Waals surface area (Å²) >= 11 is 7.88. The summed E-state index contributed by atoms with van der Waals surface area (Å²) in [4.78, 5) is 1.25. The van der Waals surface area contributed by atoms with E-state index in [0.717, 1.165) is 23.7 Å². The number of halogens is 1. The summed E-state index contributed by atoms with van der Waals surface area (Å²) in [6.45, 7) is 7.08. The van der Waals surface area contributed by atoms with Crippen LogP contribution in [0.15, 0.2) is 41.8 Å². The molecule has 1 nitrogen and oxygen atoms in total. The minimum absolute atomic E-state index is 0.573. The van der Waals surface area contributed by atoms with Crippen molar-refractivity contribution in [1.82, 2.24) is 5.32 Å². The van der Waals surface area contributed by atoms with Crippen molar-refractivity contribution in [1.29, 1.82) is 0 Å². The van der Waals surface area contributed by atoms with Gasteiger partial charge in [0.15, 0.2) is 0 Å². The first kappa shape index (κ1) is 16.6. The Kier molecular flexibility index (Phi) is 9.06. The number of rotatable bonds is 10. The number of thioether (sulfide) groups is 1. The Morgan fingerprint density at radius 3 is 3.00 bits per heavy atom. The molecule has 19 heavy (non-hydrogen) atoms. The monoisotopic (exact) mass is 297 g/mol. The van der Waals surface area contributed by atoms with Crippen molar-refractivity contribution in [2.75, 3.05) is 12.3 Å². The Morgan fingerprint density at radius 1 is 1.47 bits per heavy atom. The summed E-state index contributed by atoms with van der Waals surface area (Å²) < 4.78 is 0. The quantitative estimate of drug-likeness (QED) is 0.364. The van der Waals surface area contributed by atoms with E-state index in [-0.39, 0.29) is 0 Å². The first-order valence-electron chi connectivity index (χ1n) is 6.99. The van der Waals surface area contributed by atoms with Crippen LogP contribution < -0.4 is 5.32 Å². The van der Waals surface area contributed by atoms with E-state index in [4.69, 9.17) is 11.6 Å². The molecular weight excluding hydrogens is 274 g/mol. The van der Waals surface area contributed by atoms with Crippen molar-refractivity contribution < 1.29 is 0 Å². The van der Waals surface area contributed by atoms with Crippen molar-refractivity contribution in [3.05, 3.63) is 41.9 Å². The molecule has 1 aromatic rings. The van der Waals surface area contributed by atoms with E-state index in [1.54, 1.807) is 0 Å². The van der Waals surface area contributed by atoms with E-state index in [2.05, 4.69) is 24.9 Å². The maximum Gasteiger partial charge on any atom is 0.0417 e. The van der Waals surface area contributed by atoms with Crippen LogP contribution in [0.1, 0.15) is 32.6 Å². The molecule has 3 heteroatoms. The number of hydrogen-bond acceptors (Lipinski definition) is 2. The number of allylic oxidation sites excluding steroid dienone is 1. The highest BCUT2D eigenvalue weighted by atomic mass is 35.5. The highest BCUT2D eigenvalue weighted by Gasteiger charge is 2.08. The molecule has 1 unspecified atom stereocenters. The third kappa shape index (κ3) is 7.66. The normalized spacial score (nSPS) is 12.3. The maximum atomic E-state index is 6.01. The van der Waals surface area contributed by atoms with E-state index < -0.39 is 0 Å². The fourth-order valence-corrected chi connectivity index (χ4v) is 3.17. The van der Waals surface area contributed by atoms with Crippen LogP contribution in [0.5, 0.6) is 0 Å². The van der Waals surface area contributed by atoms with Gasteiger partial charge in [-0.25, -0.2) is 0 Å². The van der Waals surface area contributed by atoms with Crippen LogP contribution in [0.3, 0.4) is 0 Å². The zero-order valence-electron chi connectivity index (χ0n) is 11.7. The Balaban J connectivity index is 2.39. The zero-order chi connectivity index (χ0) is 13.9. The molecule has 1 rings (SSSR count). The summed E-state index contributed by atoms with van der Waals surface area (Å²) in [5.41, 5.74) is 0. The minimum Gasteiger partial charge on any atom is -0.313 e. The standard InChI is InChI=1S/C16H24ClNS/c1-3-5-6-9-15(18-11-4-2)13-19-16-10-7-8-14(17)12-16/h3,7-8,10,12,15,18H,1,4-6,9,11,13H2,2H3. The maximum absolute atomic E-state index is 6.01. The second-order valence-electron chi connectivity index (χ2n) is 4.64. The van der Waals surface area contributed by atoms with Gasteiger partial charge < -0.3 is 5.32 Å². The summed E-state index contributed by atoms with van der Waals surface area (Å²) in [5, 5.41) is 4.44. The second kappa shape index (κ2) is 10.4. The van der Waals surface area contributed by atoms with Crippen molar-refractivity contribution in [2.45, 2.75) is 43.5 Å². The average molecular weight is 298 g/mol. The van der Waals surface area contributed by atoms with E-state index >= 15 is 0 Å². The first-order valence-corrected chi connectivity index (χ1v) is 8.35. The molecule has 0 aliphatic heterocycles. The molecule has 0 aliphatic rings. The van der Waals surface area contributed by atoms with Crippen LogP contribution in [0.2, 0.25) is 5.02 Å². The van der Waals surface area contributed by atoms with Gasteiger partial charge in [-0.3, -0.25) is 0 Å². The van der Waals surface area contributed by atoms with Gasteiger partial charge in [0.1, 0.15) is 0 Å². The Labute approximate surface area is 126 Å². The lowest BCUT2D eigenvalue weighted by molar-refractivity contribution is 0.506. The van der Waals surface area contributed by atoms with Gasteiger partial charge in [0.05, 0.1) is 0 Å². The molecule has 0 fully saturated rings. The second-order valence-corrected chi connectivity index (χ2v) is 6.17. The van der Waals surface area contributed by atoms with E-state index in [1.807, 2.05) is 36.0 Å². The summed E-state index contributed by atoms with van der Waals surface area (Å²) in [7, 11) is 0. The molecule has 1 N–H and O–H groups in total. The van der Waals surface area contributed by atoms with E-state index in [9.17, 15) is 0 Å². The van der Waals surface area contributed by atoms with Crippen LogP contribution >= 0.6 is 23.4 Å². The average Bonchev–Trinajstić information content (AvgIpc) is 2.41. The Hall–Kier alpha value is -0.440. The largest absolute Gasteiger partial charge is 0.313 e. The number of hydrogen-bond donors (Lipinski definition) is 1. The third-order valence-electron chi connectivity index (χ3n) is 2.89. The molecule has 0 saturated carbocycles. The lowest BCUT2D eigenvalue weighted by atomic mass is 10.1. The zero-order valence-corrected chi connectivity index (χ0v) is 13.3. The predicted octanol–water partition coefficient (Wildman–Crippen LogP) is 5.16. The van der Waals surface area contributed by atoms with Gasteiger partial charge >= 0.3 is 0 Å². The van der Waals surface area contributed by atoms with Gasteiger partial charge in [0, 0.05) is 21.7 Å². The minimum atomic E-state index is 0.573. The van der Waals surface area contributed by atoms with Gasteiger partial charge in [-0.1, -0.05) is 30.7 Å². The molecule has 0 spiro atoms. The lowest BCUT2D eigenvalue weighted by Gasteiger charge is -2.18. The third-order valence-corrected chi connectivity index (χ3v) is 4.28. The molecule has 0 aliphatic carbocycles. The van der Waals surface area contributed by atoms with Crippen LogP contribution in [0.25, 0.3) is 0 Å². The predicted molar refractivity (Wildman–Crippen MR) is 88.3 cm³/mol. The van der Waals surface area contributed by atoms with Crippen LogP contribution in [-0.2, 0) is 0 Å². The summed E-state index contributed by atoms with van der Waals surface area (Å²) in [6.07, 6.45) is 6.70. The number of unbranched alkanes of at least 4 members (excludes halogenated alkanes) is 1. The SMILES string of the molecule is C=CCCCC(CSc1cccc(Cl)c1)NCCC. The van der Waals surface area contributed by atoms with Crippen molar-refractivity contribution in [2.24, 2.45) is 0 Å². The smallest absolute Gasteiger partial charge is 0.0417 e. The fraction of sp³-hybridized carbons (Fsp3) is 0.500. The van der Waals surface area contributed by atoms with E-state index in [1.165, 1.54) is 24.2 Å². The van der Waals surface area contributed by atoms with Crippen LogP contribution in [-0.4, -0.2) is 18.3 Å². The summed E-state index contributed by atoms with van der Waals surface area (Å²) in [6, 6.07) is 8.66. The topological polar surface area (TPSA) is 12.0 Å². The molecule has 106 valence electrons. The van der Waals surface area contributed by atoms with Gasteiger partial charge in [0.2, 0.25) is 0 Å². The van der Waals surface area contributed by atoms with Crippen molar-refractivity contribution >= 4 is 23.4 Å². The van der Waals surface area contributed by atoms with Crippen molar-refractivity contribution in [3.63, 3.8) is 0 Å². The van der Waals surface area contributed by atoms with Gasteiger partial charge in [0.25, 0.3) is 0 Å². The first-order chi connectivity index (χ1) is 9.26. The van der Waals surface area contributed by atoms with Crippen LogP contribution in [0.4, 0.5) is 0 Å².